The molecule has 2 rings (SSSR count). The van der Waals surface area contributed by atoms with Gasteiger partial charge in [-0.1, -0.05) is 22.0 Å². The fourth-order valence-electron chi connectivity index (χ4n) is 2.29. The van der Waals surface area contributed by atoms with Gasteiger partial charge in [-0.15, -0.1) is 0 Å². The van der Waals surface area contributed by atoms with Gasteiger partial charge in [0.15, 0.2) is 0 Å². The maximum atomic E-state index is 13.0. The lowest BCUT2D eigenvalue weighted by atomic mass is 9.98. The van der Waals surface area contributed by atoms with Gasteiger partial charge in [0.25, 0.3) is 0 Å². The Labute approximate surface area is 114 Å². The van der Waals surface area contributed by atoms with Crippen LogP contribution in [0.15, 0.2) is 22.7 Å². The Morgan fingerprint density at radius 2 is 2.33 bits per heavy atom. The van der Waals surface area contributed by atoms with Crippen LogP contribution in [0.2, 0.25) is 0 Å². The third-order valence-corrected chi connectivity index (χ3v) is 4.00. The van der Waals surface area contributed by atoms with E-state index in [-0.39, 0.29) is 11.7 Å². The summed E-state index contributed by atoms with van der Waals surface area (Å²) in [4.78, 5) is 13.1. The molecule has 1 saturated heterocycles. The summed E-state index contributed by atoms with van der Waals surface area (Å²) in [5.74, 6) is -1.27. The van der Waals surface area contributed by atoms with Crippen LogP contribution in [0.4, 0.5) is 4.39 Å². The van der Waals surface area contributed by atoms with Crippen molar-refractivity contribution in [1.29, 1.82) is 0 Å². The van der Waals surface area contributed by atoms with Crippen molar-refractivity contribution in [2.75, 3.05) is 13.1 Å². The van der Waals surface area contributed by atoms with Crippen LogP contribution in [-0.2, 0) is 11.3 Å². The van der Waals surface area contributed by atoms with E-state index < -0.39 is 5.97 Å². The second-order valence-corrected chi connectivity index (χ2v) is 5.50. The summed E-state index contributed by atoms with van der Waals surface area (Å²) in [6.45, 7) is 2.12. The molecule has 5 heteroatoms. The first-order chi connectivity index (χ1) is 8.56. The zero-order chi connectivity index (χ0) is 13.1. The number of benzene rings is 1. The van der Waals surface area contributed by atoms with Gasteiger partial charge in [-0.2, -0.15) is 0 Å². The molecule has 1 aliphatic rings. The second-order valence-electron chi connectivity index (χ2n) is 4.65. The number of carboxylic acid groups (broad SMARTS) is 1. The van der Waals surface area contributed by atoms with Crippen molar-refractivity contribution in [3.8, 4) is 0 Å². The summed E-state index contributed by atoms with van der Waals surface area (Å²) in [6.07, 6.45) is 1.65. The molecule has 1 unspecified atom stereocenters. The second kappa shape index (κ2) is 5.80. The van der Waals surface area contributed by atoms with E-state index in [1.807, 2.05) is 0 Å². The number of nitrogens with zero attached hydrogens (tertiary/aromatic N) is 1. The molecule has 0 bridgehead atoms. The zero-order valence-electron chi connectivity index (χ0n) is 9.90. The SMILES string of the molecule is O=C(O)C1CCCN(Cc2ccc(F)cc2Br)C1. The van der Waals surface area contributed by atoms with E-state index in [9.17, 15) is 9.18 Å². The van der Waals surface area contributed by atoms with Crippen molar-refractivity contribution in [2.45, 2.75) is 19.4 Å². The lowest BCUT2D eigenvalue weighted by Crippen LogP contribution is -2.38. The predicted octanol–water partition coefficient (Wildman–Crippen LogP) is 2.88. The Morgan fingerprint density at radius 3 is 3.00 bits per heavy atom. The average Bonchev–Trinajstić information content (AvgIpc) is 2.33. The summed E-state index contributed by atoms with van der Waals surface area (Å²) in [5.41, 5.74) is 0.988. The largest absolute Gasteiger partial charge is 0.481 e. The molecule has 0 radical (unpaired) electrons. The minimum atomic E-state index is -0.724. The van der Waals surface area contributed by atoms with Crippen LogP contribution in [0.25, 0.3) is 0 Å². The molecule has 0 aliphatic carbocycles. The van der Waals surface area contributed by atoms with Crippen molar-refractivity contribution in [3.05, 3.63) is 34.1 Å². The van der Waals surface area contributed by atoms with Crippen LogP contribution in [0.3, 0.4) is 0 Å². The van der Waals surface area contributed by atoms with Crippen LogP contribution >= 0.6 is 15.9 Å². The molecule has 0 spiro atoms. The molecule has 18 heavy (non-hydrogen) atoms. The number of halogens is 2. The van der Waals surface area contributed by atoms with Crippen LogP contribution in [-0.4, -0.2) is 29.1 Å². The van der Waals surface area contributed by atoms with Crippen molar-refractivity contribution in [2.24, 2.45) is 5.92 Å². The molecule has 98 valence electrons. The Hall–Kier alpha value is -0.940. The minimum Gasteiger partial charge on any atom is -0.481 e. The van der Waals surface area contributed by atoms with Gasteiger partial charge in [0.2, 0.25) is 0 Å². The first-order valence-electron chi connectivity index (χ1n) is 5.95. The van der Waals surface area contributed by atoms with E-state index in [0.717, 1.165) is 29.4 Å². The van der Waals surface area contributed by atoms with Gasteiger partial charge < -0.3 is 5.11 Å². The number of carboxylic acids is 1. The van der Waals surface area contributed by atoms with Crippen molar-refractivity contribution in [1.82, 2.24) is 4.90 Å². The monoisotopic (exact) mass is 315 g/mol. The number of carbonyl (C=O) groups is 1. The number of likely N-dealkylation sites (tertiary alicyclic amines) is 1. The van der Waals surface area contributed by atoms with Crippen LogP contribution in [0, 0.1) is 11.7 Å². The fourth-order valence-corrected chi connectivity index (χ4v) is 2.77. The van der Waals surface area contributed by atoms with Crippen LogP contribution in [0.1, 0.15) is 18.4 Å². The summed E-state index contributed by atoms with van der Waals surface area (Å²) in [5, 5.41) is 9.03. The van der Waals surface area contributed by atoms with Gasteiger partial charge in [-0.3, -0.25) is 9.69 Å². The predicted molar refractivity (Wildman–Crippen MR) is 69.7 cm³/mol. The van der Waals surface area contributed by atoms with E-state index in [0.29, 0.717) is 13.1 Å². The Balaban J connectivity index is 2.02. The van der Waals surface area contributed by atoms with Crippen molar-refractivity contribution >= 4 is 21.9 Å². The number of hydrogen-bond donors (Lipinski definition) is 1. The third-order valence-electron chi connectivity index (χ3n) is 3.26. The molecule has 1 aromatic carbocycles. The van der Waals surface area contributed by atoms with Gasteiger partial charge in [0.05, 0.1) is 5.92 Å². The number of piperidine rings is 1. The van der Waals surface area contributed by atoms with E-state index in [2.05, 4.69) is 20.8 Å². The third kappa shape index (κ3) is 3.29. The molecular formula is C13H15BrFNO2. The Kier molecular flexibility index (Phi) is 4.35. The molecule has 3 nitrogen and oxygen atoms in total. The summed E-state index contributed by atoms with van der Waals surface area (Å²) in [7, 11) is 0. The number of rotatable bonds is 3. The Morgan fingerprint density at radius 1 is 1.56 bits per heavy atom. The molecule has 1 N–H and O–H groups in total. The van der Waals surface area contributed by atoms with E-state index in [1.54, 1.807) is 6.07 Å². The first-order valence-corrected chi connectivity index (χ1v) is 6.74. The number of hydrogen-bond acceptors (Lipinski definition) is 2. The topological polar surface area (TPSA) is 40.5 Å². The molecule has 0 amide bonds. The smallest absolute Gasteiger partial charge is 0.307 e. The van der Waals surface area contributed by atoms with Gasteiger partial charge in [-0.05, 0) is 37.1 Å². The summed E-state index contributed by atoms with van der Waals surface area (Å²) in [6, 6.07) is 4.61. The number of aliphatic carboxylic acids is 1. The maximum absolute atomic E-state index is 13.0. The molecular weight excluding hydrogens is 301 g/mol. The van der Waals surface area contributed by atoms with Gasteiger partial charge in [-0.25, -0.2) is 4.39 Å². The lowest BCUT2D eigenvalue weighted by molar-refractivity contribution is -0.143. The highest BCUT2D eigenvalue weighted by atomic mass is 79.9. The molecule has 1 aliphatic heterocycles. The quantitative estimate of drug-likeness (QED) is 0.932. The van der Waals surface area contributed by atoms with Gasteiger partial charge >= 0.3 is 5.97 Å². The fraction of sp³-hybridized carbons (Fsp3) is 0.462. The zero-order valence-corrected chi connectivity index (χ0v) is 11.5. The minimum absolute atomic E-state index is 0.271. The standard InChI is InChI=1S/C13H15BrFNO2/c14-12-6-11(15)4-3-9(12)7-16-5-1-2-10(8-16)13(17)18/h3-4,6,10H,1-2,5,7-8H2,(H,17,18). The molecule has 1 fully saturated rings. The maximum Gasteiger partial charge on any atom is 0.307 e. The molecule has 1 aromatic rings. The molecule has 0 saturated carbocycles. The van der Waals surface area contributed by atoms with E-state index in [1.165, 1.54) is 12.1 Å². The van der Waals surface area contributed by atoms with Crippen LogP contribution in [0.5, 0.6) is 0 Å². The normalized spacial score (nSPS) is 20.9. The molecule has 1 heterocycles. The highest BCUT2D eigenvalue weighted by Crippen LogP contribution is 2.23. The van der Waals surface area contributed by atoms with Gasteiger partial charge in [0.1, 0.15) is 5.82 Å². The highest BCUT2D eigenvalue weighted by molar-refractivity contribution is 9.10. The van der Waals surface area contributed by atoms with Crippen molar-refractivity contribution < 1.29 is 14.3 Å². The summed E-state index contributed by atoms with van der Waals surface area (Å²) < 4.78 is 13.7. The van der Waals surface area contributed by atoms with Crippen LogP contribution < -0.4 is 0 Å². The highest BCUT2D eigenvalue weighted by Gasteiger charge is 2.25. The summed E-state index contributed by atoms with van der Waals surface area (Å²) >= 11 is 3.33. The van der Waals surface area contributed by atoms with E-state index >= 15 is 0 Å². The Bertz CT molecular complexity index is 453. The lowest BCUT2D eigenvalue weighted by Gasteiger charge is -2.30. The molecule has 0 aromatic heterocycles. The van der Waals surface area contributed by atoms with E-state index in [4.69, 9.17) is 5.11 Å². The average molecular weight is 316 g/mol. The first kappa shape index (κ1) is 13.5. The molecule has 1 atom stereocenters. The van der Waals surface area contributed by atoms with Crippen molar-refractivity contribution in [3.63, 3.8) is 0 Å². The van der Waals surface area contributed by atoms with Gasteiger partial charge in [0, 0.05) is 17.6 Å².